The predicted octanol–water partition coefficient (Wildman–Crippen LogP) is 2.05. The van der Waals surface area contributed by atoms with E-state index in [1.165, 1.54) is 36.4 Å². The van der Waals surface area contributed by atoms with Gasteiger partial charge in [0, 0.05) is 0 Å². The molecule has 1 aliphatic rings. The summed E-state index contributed by atoms with van der Waals surface area (Å²) in [5, 5.41) is -1.88. The van der Waals surface area contributed by atoms with Crippen molar-refractivity contribution in [3.8, 4) is 0 Å². The van der Waals surface area contributed by atoms with Crippen molar-refractivity contribution in [2.24, 2.45) is 0 Å². The summed E-state index contributed by atoms with van der Waals surface area (Å²) in [5.74, 6) is -1.60. The van der Waals surface area contributed by atoms with E-state index in [1.807, 2.05) is 0 Å². The van der Waals surface area contributed by atoms with Gasteiger partial charge in [-0.2, -0.15) is 0 Å². The van der Waals surface area contributed by atoms with E-state index in [9.17, 15) is 22.4 Å². The fourth-order valence-electron chi connectivity index (χ4n) is 2.53. The highest BCUT2D eigenvalue weighted by Gasteiger charge is 2.45. The van der Waals surface area contributed by atoms with E-state index in [-0.39, 0.29) is 16.0 Å². The van der Waals surface area contributed by atoms with Crippen molar-refractivity contribution in [3.05, 3.63) is 65.7 Å². The number of rotatable bonds is 4. The lowest BCUT2D eigenvalue weighted by Crippen LogP contribution is -2.46. The first-order chi connectivity index (χ1) is 11.0. The Hall–Kier alpha value is -2.54. The van der Waals surface area contributed by atoms with Gasteiger partial charge in [0.1, 0.15) is 6.67 Å². The molecule has 0 fully saturated rings. The standard InChI is InChI=1S/C16H12FNO4S/c17-10-14(23(21,22)11-6-2-1-3-7-11)18-15(19)12-8-4-5-9-13(12)16(18)20/h1-9,14H,10H2. The molecule has 0 aliphatic carbocycles. The molecule has 2 aromatic rings. The van der Waals surface area contributed by atoms with E-state index in [0.29, 0.717) is 4.90 Å². The van der Waals surface area contributed by atoms with Crippen LogP contribution in [0.1, 0.15) is 20.7 Å². The zero-order valence-corrected chi connectivity index (χ0v) is 12.7. The van der Waals surface area contributed by atoms with Crippen LogP contribution in [0.3, 0.4) is 0 Å². The number of halogens is 1. The summed E-state index contributed by atoms with van der Waals surface area (Å²) >= 11 is 0. The summed E-state index contributed by atoms with van der Waals surface area (Å²) in [4.78, 5) is 25.1. The molecule has 2 aromatic carbocycles. The molecule has 1 aliphatic heterocycles. The number of alkyl halides is 1. The number of amides is 2. The number of carbonyl (C=O) groups is 2. The number of hydrogen-bond acceptors (Lipinski definition) is 4. The van der Waals surface area contributed by atoms with Gasteiger partial charge in [0.05, 0.1) is 16.0 Å². The molecule has 0 bridgehead atoms. The third kappa shape index (κ3) is 2.33. The van der Waals surface area contributed by atoms with Gasteiger partial charge < -0.3 is 0 Å². The van der Waals surface area contributed by atoms with Crippen molar-refractivity contribution in [1.29, 1.82) is 0 Å². The number of benzene rings is 2. The quantitative estimate of drug-likeness (QED) is 0.803. The van der Waals surface area contributed by atoms with Crippen molar-refractivity contribution in [2.45, 2.75) is 10.3 Å². The second-order valence-electron chi connectivity index (χ2n) is 4.99. The van der Waals surface area contributed by atoms with Gasteiger partial charge in [-0.1, -0.05) is 30.3 Å². The lowest BCUT2D eigenvalue weighted by Gasteiger charge is -2.23. The summed E-state index contributed by atoms with van der Waals surface area (Å²) < 4.78 is 38.7. The first-order valence-corrected chi connectivity index (χ1v) is 8.35. The van der Waals surface area contributed by atoms with Gasteiger partial charge in [-0.25, -0.2) is 12.8 Å². The van der Waals surface area contributed by atoms with Crippen molar-refractivity contribution >= 4 is 21.7 Å². The van der Waals surface area contributed by atoms with Gasteiger partial charge in [-0.15, -0.1) is 0 Å². The lowest BCUT2D eigenvalue weighted by atomic mass is 10.1. The zero-order chi connectivity index (χ0) is 16.6. The fourth-order valence-corrected chi connectivity index (χ4v) is 4.01. The maximum atomic E-state index is 13.5. The van der Waals surface area contributed by atoms with Crippen molar-refractivity contribution in [3.63, 3.8) is 0 Å². The number of imide groups is 1. The third-order valence-electron chi connectivity index (χ3n) is 3.68. The predicted molar refractivity (Wildman–Crippen MR) is 80.3 cm³/mol. The van der Waals surface area contributed by atoms with Crippen LogP contribution in [0.25, 0.3) is 0 Å². The Kier molecular flexibility index (Phi) is 3.73. The van der Waals surface area contributed by atoms with Crippen LogP contribution in [0.5, 0.6) is 0 Å². The highest BCUT2D eigenvalue weighted by atomic mass is 32.2. The summed E-state index contributed by atoms with van der Waals surface area (Å²) in [7, 11) is -4.21. The molecule has 118 valence electrons. The number of sulfone groups is 1. The van der Waals surface area contributed by atoms with Crippen molar-refractivity contribution in [2.75, 3.05) is 6.67 Å². The van der Waals surface area contributed by atoms with Crippen LogP contribution in [-0.2, 0) is 9.84 Å². The maximum Gasteiger partial charge on any atom is 0.262 e. The fraction of sp³-hybridized carbons (Fsp3) is 0.125. The molecule has 23 heavy (non-hydrogen) atoms. The molecule has 0 N–H and O–H groups in total. The zero-order valence-electron chi connectivity index (χ0n) is 11.8. The normalized spacial score (nSPS) is 15.6. The van der Waals surface area contributed by atoms with Crippen molar-refractivity contribution < 1.29 is 22.4 Å². The Bertz CT molecular complexity index is 845. The Labute approximate surface area is 132 Å². The van der Waals surface area contributed by atoms with E-state index in [2.05, 4.69) is 0 Å². The Morgan fingerprint density at radius 1 is 0.870 bits per heavy atom. The third-order valence-corrected chi connectivity index (χ3v) is 5.66. The van der Waals surface area contributed by atoms with Gasteiger partial charge in [-0.3, -0.25) is 14.5 Å². The molecular formula is C16H12FNO4S. The first kappa shape index (κ1) is 15.4. The lowest BCUT2D eigenvalue weighted by molar-refractivity contribution is 0.0615. The second-order valence-corrected chi connectivity index (χ2v) is 7.10. The topological polar surface area (TPSA) is 71.5 Å². The van der Waals surface area contributed by atoms with E-state index in [4.69, 9.17) is 0 Å². The van der Waals surface area contributed by atoms with Gasteiger partial charge in [0.2, 0.25) is 9.84 Å². The molecule has 2 amide bonds. The van der Waals surface area contributed by atoms with Crippen molar-refractivity contribution in [1.82, 2.24) is 4.90 Å². The monoisotopic (exact) mass is 333 g/mol. The van der Waals surface area contributed by atoms with Crippen LogP contribution < -0.4 is 0 Å². The largest absolute Gasteiger partial charge is 0.269 e. The number of carbonyl (C=O) groups excluding carboxylic acids is 2. The minimum Gasteiger partial charge on any atom is -0.269 e. The van der Waals surface area contributed by atoms with E-state index >= 15 is 0 Å². The van der Waals surface area contributed by atoms with E-state index < -0.39 is 33.7 Å². The van der Waals surface area contributed by atoms with Gasteiger partial charge >= 0.3 is 0 Å². The molecule has 0 radical (unpaired) electrons. The molecule has 0 aromatic heterocycles. The summed E-state index contributed by atoms with van der Waals surface area (Å²) in [6.45, 7) is -1.37. The van der Waals surface area contributed by atoms with Gasteiger partial charge in [0.15, 0.2) is 5.37 Å². The van der Waals surface area contributed by atoms with Gasteiger partial charge in [0.25, 0.3) is 11.8 Å². The molecular weight excluding hydrogens is 321 g/mol. The highest BCUT2D eigenvalue weighted by molar-refractivity contribution is 7.92. The average Bonchev–Trinajstić information content (AvgIpc) is 2.82. The molecule has 3 rings (SSSR count). The maximum absolute atomic E-state index is 13.5. The smallest absolute Gasteiger partial charge is 0.262 e. The Morgan fingerprint density at radius 2 is 1.35 bits per heavy atom. The van der Waals surface area contributed by atoms with E-state index in [1.54, 1.807) is 18.2 Å². The van der Waals surface area contributed by atoms with Crippen LogP contribution in [0.4, 0.5) is 4.39 Å². The highest BCUT2D eigenvalue weighted by Crippen LogP contribution is 2.29. The van der Waals surface area contributed by atoms with Crippen LogP contribution in [0, 0.1) is 0 Å². The van der Waals surface area contributed by atoms with Gasteiger partial charge in [-0.05, 0) is 24.3 Å². The number of nitrogens with zero attached hydrogens (tertiary/aromatic N) is 1. The van der Waals surface area contributed by atoms with Crippen LogP contribution >= 0.6 is 0 Å². The summed E-state index contributed by atoms with van der Waals surface area (Å²) in [5.41, 5.74) is 0.165. The molecule has 1 atom stereocenters. The number of hydrogen-bond donors (Lipinski definition) is 0. The summed E-state index contributed by atoms with van der Waals surface area (Å²) in [6.07, 6.45) is 0. The molecule has 7 heteroatoms. The van der Waals surface area contributed by atoms with Crippen LogP contribution in [0.2, 0.25) is 0 Å². The first-order valence-electron chi connectivity index (χ1n) is 6.80. The second kappa shape index (κ2) is 5.58. The molecule has 1 heterocycles. The van der Waals surface area contributed by atoms with E-state index in [0.717, 1.165) is 0 Å². The Balaban J connectivity index is 2.07. The molecule has 1 unspecified atom stereocenters. The SMILES string of the molecule is O=C1c2ccccc2C(=O)N1C(CF)S(=O)(=O)c1ccccc1. The Morgan fingerprint density at radius 3 is 1.83 bits per heavy atom. The molecule has 0 spiro atoms. The molecule has 0 saturated carbocycles. The average molecular weight is 333 g/mol. The molecule has 0 saturated heterocycles. The summed E-state index contributed by atoms with van der Waals surface area (Å²) in [6, 6.07) is 13.2. The molecule has 5 nitrogen and oxygen atoms in total. The van der Waals surface area contributed by atoms with Crippen LogP contribution in [-0.4, -0.2) is 37.2 Å². The number of fused-ring (bicyclic) bond motifs is 1. The minimum absolute atomic E-state index is 0.0826. The van der Waals surface area contributed by atoms with Crippen LogP contribution in [0.15, 0.2) is 59.5 Å². The minimum atomic E-state index is -4.21.